The molecule has 1 aromatic heterocycles. The maximum Gasteiger partial charge on any atom is 0.323 e. The van der Waals surface area contributed by atoms with E-state index in [0.717, 1.165) is 25.2 Å². The lowest BCUT2D eigenvalue weighted by molar-refractivity contribution is 0.0766. The molecule has 1 aliphatic heterocycles. The number of anilines is 1. The highest BCUT2D eigenvalue weighted by molar-refractivity contribution is 5.88. The smallest absolute Gasteiger partial charge is 0.323 e. The van der Waals surface area contributed by atoms with Crippen LogP contribution in [-0.2, 0) is 7.05 Å². The van der Waals surface area contributed by atoms with Crippen molar-refractivity contribution in [3.63, 3.8) is 0 Å². The minimum atomic E-state index is -0.107. The molecular formula is C14H25N5O2. The Balaban J connectivity index is 1.85. The fourth-order valence-corrected chi connectivity index (χ4v) is 2.60. The Hall–Kier alpha value is -1.60. The average Bonchev–Trinajstić information content (AvgIpc) is 2.79. The van der Waals surface area contributed by atoms with E-state index in [1.165, 1.54) is 0 Å². The second kappa shape index (κ2) is 6.91. The van der Waals surface area contributed by atoms with Gasteiger partial charge in [-0.15, -0.1) is 0 Å². The van der Waals surface area contributed by atoms with Crippen molar-refractivity contribution in [3.05, 3.63) is 11.8 Å². The van der Waals surface area contributed by atoms with Crippen molar-refractivity contribution in [2.45, 2.75) is 26.3 Å². The van der Waals surface area contributed by atoms with Gasteiger partial charge in [0.1, 0.15) is 0 Å². The number of rotatable bonds is 4. The number of aliphatic hydroxyl groups excluding tert-OH is 1. The van der Waals surface area contributed by atoms with E-state index in [-0.39, 0.29) is 18.7 Å². The second-order valence-electron chi connectivity index (χ2n) is 5.49. The van der Waals surface area contributed by atoms with Crippen LogP contribution in [-0.4, -0.2) is 69.5 Å². The molecule has 0 radical (unpaired) electrons. The first kappa shape index (κ1) is 15.8. The van der Waals surface area contributed by atoms with Crippen molar-refractivity contribution in [1.82, 2.24) is 19.6 Å². The van der Waals surface area contributed by atoms with E-state index in [9.17, 15) is 9.90 Å². The summed E-state index contributed by atoms with van der Waals surface area (Å²) >= 11 is 0. The molecule has 7 nitrogen and oxygen atoms in total. The number of carbonyl (C=O) groups is 1. The number of aromatic nitrogens is 2. The number of aryl methyl sites for hydroxylation is 2. The number of amides is 2. The van der Waals surface area contributed by atoms with E-state index in [1.807, 2.05) is 20.0 Å². The standard InChI is InChI=1S/C14H25N5O2/c1-4-12(10-20)18-5-7-19(8-6-18)14(21)15-13-9-11(2)17(3)16-13/h9,12,20H,4-8,10H2,1-3H3,(H,15,16,21). The van der Waals surface area contributed by atoms with E-state index in [0.29, 0.717) is 18.9 Å². The summed E-state index contributed by atoms with van der Waals surface area (Å²) in [5, 5.41) is 16.4. The Kier molecular flexibility index (Phi) is 5.19. The van der Waals surface area contributed by atoms with Crippen molar-refractivity contribution < 1.29 is 9.90 Å². The summed E-state index contributed by atoms with van der Waals surface area (Å²) in [7, 11) is 1.85. The molecule has 2 amide bonds. The molecule has 21 heavy (non-hydrogen) atoms. The largest absolute Gasteiger partial charge is 0.395 e. The highest BCUT2D eigenvalue weighted by atomic mass is 16.3. The van der Waals surface area contributed by atoms with Gasteiger partial charge in [-0.2, -0.15) is 5.10 Å². The van der Waals surface area contributed by atoms with Crippen molar-refractivity contribution in [2.24, 2.45) is 7.05 Å². The van der Waals surface area contributed by atoms with Crippen LogP contribution in [0.4, 0.5) is 10.6 Å². The van der Waals surface area contributed by atoms with Crippen molar-refractivity contribution in [3.8, 4) is 0 Å². The molecule has 1 saturated heterocycles. The fraction of sp³-hybridized carbons (Fsp3) is 0.714. The van der Waals surface area contributed by atoms with Crippen LogP contribution in [0.1, 0.15) is 19.0 Å². The maximum atomic E-state index is 12.2. The number of hydrogen-bond acceptors (Lipinski definition) is 4. The van der Waals surface area contributed by atoms with Crippen molar-refractivity contribution >= 4 is 11.8 Å². The highest BCUT2D eigenvalue weighted by Gasteiger charge is 2.25. The Morgan fingerprint density at radius 1 is 1.43 bits per heavy atom. The third kappa shape index (κ3) is 3.74. The number of aliphatic hydroxyl groups is 1. The third-order valence-electron chi connectivity index (χ3n) is 4.15. The normalized spacial score (nSPS) is 17.8. The fourth-order valence-electron chi connectivity index (χ4n) is 2.60. The lowest BCUT2D eigenvalue weighted by atomic mass is 10.2. The number of hydrogen-bond donors (Lipinski definition) is 2. The van der Waals surface area contributed by atoms with Crippen LogP contribution in [0.3, 0.4) is 0 Å². The predicted molar refractivity (Wildman–Crippen MR) is 81.3 cm³/mol. The molecule has 0 saturated carbocycles. The third-order valence-corrected chi connectivity index (χ3v) is 4.15. The van der Waals surface area contributed by atoms with E-state index < -0.39 is 0 Å². The zero-order valence-corrected chi connectivity index (χ0v) is 13.0. The van der Waals surface area contributed by atoms with E-state index >= 15 is 0 Å². The van der Waals surface area contributed by atoms with Crippen LogP contribution >= 0.6 is 0 Å². The summed E-state index contributed by atoms with van der Waals surface area (Å²) in [6.45, 7) is 7.14. The quantitative estimate of drug-likeness (QED) is 0.855. The topological polar surface area (TPSA) is 73.6 Å². The summed E-state index contributed by atoms with van der Waals surface area (Å²) in [5.41, 5.74) is 1.00. The average molecular weight is 295 g/mol. The first-order valence-corrected chi connectivity index (χ1v) is 7.46. The summed E-state index contributed by atoms with van der Waals surface area (Å²) in [4.78, 5) is 16.2. The van der Waals surface area contributed by atoms with Gasteiger partial charge in [0.25, 0.3) is 0 Å². The lowest BCUT2D eigenvalue weighted by Gasteiger charge is -2.38. The molecule has 0 bridgehead atoms. The molecule has 1 unspecified atom stereocenters. The molecule has 0 spiro atoms. The number of nitrogens with one attached hydrogen (secondary N) is 1. The van der Waals surface area contributed by atoms with Gasteiger partial charge >= 0.3 is 6.03 Å². The Labute approximate surface area is 125 Å². The van der Waals surface area contributed by atoms with Gasteiger partial charge in [-0.25, -0.2) is 4.79 Å². The van der Waals surface area contributed by atoms with E-state index in [4.69, 9.17) is 0 Å². The Bertz CT molecular complexity index is 456. The van der Waals surface area contributed by atoms with E-state index in [1.54, 1.807) is 9.58 Å². The van der Waals surface area contributed by atoms with Crippen LogP contribution in [0.2, 0.25) is 0 Å². The van der Waals surface area contributed by atoms with Crippen LogP contribution in [0.25, 0.3) is 0 Å². The van der Waals surface area contributed by atoms with Crippen molar-refractivity contribution in [2.75, 3.05) is 38.1 Å². The first-order chi connectivity index (χ1) is 10.0. The highest BCUT2D eigenvalue weighted by Crippen LogP contribution is 2.12. The molecule has 118 valence electrons. The second-order valence-corrected chi connectivity index (χ2v) is 5.49. The van der Waals surface area contributed by atoms with Gasteiger partial charge in [0.2, 0.25) is 0 Å². The summed E-state index contributed by atoms with van der Waals surface area (Å²) in [6.07, 6.45) is 0.926. The van der Waals surface area contributed by atoms with Gasteiger partial charge in [0.15, 0.2) is 5.82 Å². The Morgan fingerprint density at radius 2 is 2.10 bits per heavy atom. The zero-order chi connectivity index (χ0) is 15.4. The summed E-state index contributed by atoms with van der Waals surface area (Å²) < 4.78 is 1.74. The maximum absolute atomic E-state index is 12.2. The van der Waals surface area contributed by atoms with Gasteiger partial charge in [0, 0.05) is 51.0 Å². The molecule has 0 aliphatic carbocycles. The van der Waals surface area contributed by atoms with E-state index in [2.05, 4.69) is 22.2 Å². The number of piperazine rings is 1. The van der Waals surface area contributed by atoms with Crippen molar-refractivity contribution in [1.29, 1.82) is 0 Å². The van der Waals surface area contributed by atoms with Crippen LogP contribution in [0.15, 0.2) is 6.07 Å². The number of carbonyl (C=O) groups excluding carboxylic acids is 1. The van der Waals surface area contributed by atoms with Gasteiger partial charge in [0.05, 0.1) is 6.61 Å². The number of nitrogens with zero attached hydrogens (tertiary/aromatic N) is 4. The molecule has 0 aromatic carbocycles. The molecule has 1 aliphatic rings. The molecular weight excluding hydrogens is 270 g/mol. The monoisotopic (exact) mass is 295 g/mol. The Morgan fingerprint density at radius 3 is 2.57 bits per heavy atom. The minimum Gasteiger partial charge on any atom is -0.395 e. The lowest BCUT2D eigenvalue weighted by Crippen LogP contribution is -2.53. The zero-order valence-electron chi connectivity index (χ0n) is 13.0. The first-order valence-electron chi connectivity index (χ1n) is 7.46. The molecule has 2 heterocycles. The van der Waals surface area contributed by atoms with Crippen LogP contribution in [0.5, 0.6) is 0 Å². The molecule has 1 fully saturated rings. The SMILES string of the molecule is CCC(CO)N1CCN(C(=O)Nc2cc(C)n(C)n2)CC1. The van der Waals surface area contributed by atoms with Gasteiger partial charge in [-0.3, -0.25) is 14.9 Å². The van der Waals surface area contributed by atoms with Gasteiger partial charge in [-0.05, 0) is 13.3 Å². The number of urea groups is 1. The molecule has 1 atom stereocenters. The molecule has 7 heteroatoms. The molecule has 1 aromatic rings. The van der Waals surface area contributed by atoms with Crippen LogP contribution in [0, 0.1) is 6.92 Å². The summed E-state index contributed by atoms with van der Waals surface area (Å²) in [5.74, 6) is 0.587. The van der Waals surface area contributed by atoms with Gasteiger partial charge < -0.3 is 10.0 Å². The molecule has 2 rings (SSSR count). The van der Waals surface area contributed by atoms with Gasteiger partial charge in [-0.1, -0.05) is 6.92 Å². The summed E-state index contributed by atoms with van der Waals surface area (Å²) in [6, 6.07) is 1.95. The molecule has 2 N–H and O–H groups in total. The predicted octanol–water partition coefficient (Wildman–Crippen LogP) is 0.649. The minimum absolute atomic E-state index is 0.107. The van der Waals surface area contributed by atoms with Crippen LogP contribution < -0.4 is 5.32 Å².